The lowest BCUT2D eigenvalue weighted by molar-refractivity contribution is -0.143. The minimum Gasteiger partial charge on any atom is -0.480 e. The van der Waals surface area contributed by atoms with Crippen LogP contribution in [0.4, 0.5) is 0 Å². The molecule has 1 aliphatic rings. The fourth-order valence-electron chi connectivity index (χ4n) is 4.14. The van der Waals surface area contributed by atoms with Gasteiger partial charge in [0.25, 0.3) is 0 Å². The summed E-state index contributed by atoms with van der Waals surface area (Å²) in [6.45, 7) is 0.114. The van der Waals surface area contributed by atoms with Gasteiger partial charge in [0.2, 0.25) is 11.8 Å². The van der Waals surface area contributed by atoms with Gasteiger partial charge in [-0.2, -0.15) is 12.6 Å². The third-order valence-electron chi connectivity index (χ3n) is 5.99. The number of carboxylic acids is 1. The van der Waals surface area contributed by atoms with Crippen molar-refractivity contribution in [2.24, 2.45) is 0 Å². The molecule has 1 aliphatic carbocycles. The Balaban J connectivity index is 1.69. The fourth-order valence-corrected chi connectivity index (χ4v) is 4.35. The van der Waals surface area contributed by atoms with Crippen LogP contribution in [0.3, 0.4) is 0 Å². The van der Waals surface area contributed by atoms with Crippen molar-refractivity contribution in [2.45, 2.75) is 48.9 Å². The Morgan fingerprint density at radius 1 is 1.03 bits per heavy atom. The Bertz CT molecular complexity index is 959. The lowest BCUT2D eigenvalue weighted by Crippen LogP contribution is -2.61. The van der Waals surface area contributed by atoms with E-state index in [-0.39, 0.29) is 13.0 Å². The van der Waals surface area contributed by atoms with Gasteiger partial charge in [0, 0.05) is 13.5 Å². The van der Waals surface area contributed by atoms with Crippen molar-refractivity contribution >= 4 is 30.4 Å². The molecule has 2 amide bonds. The van der Waals surface area contributed by atoms with E-state index in [0.717, 1.165) is 29.5 Å². The number of thiol groups is 1. The molecule has 2 aromatic rings. The van der Waals surface area contributed by atoms with Crippen molar-refractivity contribution in [2.75, 3.05) is 13.7 Å². The number of amides is 2. The molecule has 1 fully saturated rings. The number of hydrogen-bond acceptors (Lipinski definition) is 5. The molecule has 1 saturated carbocycles. The van der Waals surface area contributed by atoms with E-state index in [1.165, 1.54) is 7.11 Å². The van der Waals surface area contributed by atoms with Crippen molar-refractivity contribution in [3.63, 3.8) is 0 Å². The highest BCUT2D eigenvalue weighted by Gasteiger charge is 2.44. The molecule has 0 spiro atoms. The maximum Gasteiger partial charge on any atom is 0.326 e. The molecular formula is C25H30N2O5S. The van der Waals surface area contributed by atoms with Crippen LogP contribution >= 0.6 is 12.6 Å². The van der Waals surface area contributed by atoms with Crippen LogP contribution in [-0.2, 0) is 25.5 Å². The molecule has 0 aliphatic heterocycles. The van der Waals surface area contributed by atoms with E-state index in [2.05, 4.69) is 23.3 Å². The van der Waals surface area contributed by atoms with Gasteiger partial charge in [-0.3, -0.25) is 9.59 Å². The predicted octanol–water partition coefficient (Wildman–Crippen LogP) is 2.84. The minimum atomic E-state index is -1.13. The maximum absolute atomic E-state index is 13.2. The van der Waals surface area contributed by atoms with Gasteiger partial charge in [0.05, 0.1) is 6.61 Å². The SMILES string of the molecule is COC[C@H](S)C(=O)NC1(C(=O)N[C@@H](Cc2ccc(-c3ccccc3)cc2)C(=O)O)CCCC1. The van der Waals surface area contributed by atoms with E-state index in [1.807, 2.05) is 54.6 Å². The fraction of sp³-hybridized carbons (Fsp3) is 0.400. The first-order chi connectivity index (χ1) is 15.8. The number of methoxy groups -OCH3 is 1. The van der Waals surface area contributed by atoms with Crippen molar-refractivity contribution < 1.29 is 24.2 Å². The van der Waals surface area contributed by atoms with E-state index in [9.17, 15) is 19.5 Å². The van der Waals surface area contributed by atoms with Gasteiger partial charge >= 0.3 is 5.97 Å². The molecular weight excluding hydrogens is 440 g/mol. The number of carbonyl (C=O) groups is 3. The van der Waals surface area contributed by atoms with Gasteiger partial charge in [-0.05, 0) is 29.5 Å². The quantitative estimate of drug-likeness (QED) is 0.400. The Morgan fingerprint density at radius 3 is 2.21 bits per heavy atom. The molecule has 7 nitrogen and oxygen atoms in total. The largest absolute Gasteiger partial charge is 0.480 e. The molecule has 0 unspecified atom stereocenters. The molecule has 0 heterocycles. The van der Waals surface area contributed by atoms with Crippen LogP contribution in [0.15, 0.2) is 54.6 Å². The summed E-state index contributed by atoms with van der Waals surface area (Å²) >= 11 is 4.22. The number of ether oxygens (including phenoxy) is 1. The van der Waals surface area contributed by atoms with Gasteiger partial charge < -0.3 is 20.5 Å². The normalized spacial score (nSPS) is 16.5. The summed E-state index contributed by atoms with van der Waals surface area (Å²) < 4.78 is 4.97. The van der Waals surface area contributed by atoms with Gasteiger partial charge in [0.15, 0.2) is 0 Å². The lowest BCUT2D eigenvalue weighted by Gasteiger charge is -2.31. The molecule has 0 saturated heterocycles. The van der Waals surface area contributed by atoms with E-state index >= 15 is 0 Å². The smallest absolute Gasteiger partial charge is 0.326 e. The summed E-state index contributed by atoms with van der Waals surface area (Å²) in [5.41, 5.74) is 1.76. The molecule has 0 bridgehead atoms. The summed E-state index contributed by atoms with van der Waals surface area (Å²) in [4.78, 5) is 37.6. The van der Waals surface area contributed by atoms with E-state index in [4.69, 9.17) is 4.74 Å². The Hall–Kier alpha value is -2.84. The van der Waals surface area contributed by atoms with Gasteiger partial charge in [-0.25, -0.2) is 4.79 Å². The summed E-state index contributed by atoms with van der Waals surface area (Å²) in [6.07, 6.45) is 2.59. The molecule has 0 aromatic heterocycles. The zero-order valence-corrected chi connectivity index (χ0v) is 19.5. The third kappa shape index (κ3) is 6.36. The van der Waals surface area contributed by atoms with E-state index in [0.29, 0.717) is 12.8 Å². The molecule has 2 aromatic carbocycles. The van der Waals surface area contributed by atoms with Crippen molar-refractivity contribution in [1.82, 2.24) is 10.6 Å². The number of hydrogen-bond donors (Lipinski definition) is 4. The zero-order valence-electron chi connectivity index (χ0n) is 18.6. The lowest BCUT2D eigenvalue weighted by atomic mass is 9.94. The van der Waals surface area contributed by atoms with Crippen LogP contribution in [0.1, 0.15) is 31.2 Å². The number of carboxylic acid groups (broad SMARTS) is 1. The van der Waals surface area contributed by atoms with Crippen LogP contribution in [0.5, 0.6) is 0 Å². The standard InChI is InChI=1S/C25H30N2O5S/c1-32-16-21(33)22(28)27-25(13-5-6-14-25)24(31)26-20(23(29)30)15-17-9-11-19(12-10-17)18-7-3-2-4-8-18/h2-4,7-12,20-21,33H,5-6,13-16H2,1H3,(H,26,31)(H,27,28)(H,29,30)/t20-,21-/m0/s1. The molecule has 3 N–H and O–H groups in total. The number of benzene rings is 2. The first-order valence-corrected chi connectivity index (χ1v) is 11.5. The molecule has 8 heteroatoms. The first-order valence-electron chi connectivity index (χ1n) is 11.0. The average molecular weight is 471 g/mol. The van der Waals surface area contributed by atoms with E-state index in [1.54, 1.807) is 0 Å². The highest BCUT2D eigenvalue weighted by molar-refractivity contribution is 7.81. The van der Waals surface area contributed by atoms with Gasteiger partial charge in [0.1, 0.15) is 16.8 Å². The third-order valence-corrected chi connectivity index (χ3v) is 6.37. The van der Waals surface area contributed by atoms with Gasteiger partial charge in [-0.15, -0.1) is 0 Å². The van der Waals surface area contributed by atoms with Crippen LogP contribution in [-0.4, -0.2) is 53.4 Å². The molecule has 3 rings (SSSR count). The first kappa shape index (κ1) is 24.8. The molecule has 176 valence electrons. The monoisotopic (exact) mass is 470 g/mol. The number of nitrogens with one attached hydrogen (secondary N) is 2. The van der Waals surface area contributed by atoms with Crippen LogP contribution in [0.2, 0.25) is 0 Å². The minimum absolute atomic E-state index is 0.114. The van der Waals surface area contributed by atoms with Crippen molar-refractivity contribution in [3.05, 3.63) is 60.2 Å². The maximum atomic E-state index is 13.2. The van der Waals surface area contributed by atoms with Crippen LogP contribution < -0.4 is 10.6 Å². The molecule has 33 heavy (non-hydrogen) atoms. The Kier molecular flexibility index (Phi) is 8.52. The average Bonchev–Trinajstić information content (AvgIpc) is 3.29. The second-order valence-corrected chi connectivity index (χ2v) is 9.00. The second kappa shape index (κ2) is 11.3. The summed E-state index contributed by atoms with van der Waals surface area (Å²) in [6, 6.07) is 16.4. The Labute approximate surface area is 199 Å². The van der Waals surface area contributed by atoms with Crippen molar-refractivity contribution in [3.8, 4) is 11.1 Å². The van der Waals surface area contributed by atoms with Gasteiger partial charge in [-0.1, -0.05) is 67.4 Å². The topological polar surface area (TPSA) is 105 Å². The molecule has 0 radical (unpaired) electrons. The highest BCUT2D eigenvalue weighted by atomic mass is 32.1. The second-order valence-electron chi connectivity index (χ2n) is 8.38. The number of aliphatic carboxylic acids is 1. The summed E-state index contributed by atoms with van der Waals surface area (Å²) in [5, 5.41) is 14.5. The summed E-state index contributed by atoms with van der Waals surface area (Å²) in [5.74, 6) is -2.00. The summed E-state index contributed by atoms with van der Waals surface area (Å²) in [7, 11) is 1.47. The van der Waals surface area contributed by atoms with Crippen LogP contribution in [0.25, 0.3) is 11.1 Å². The number of rotatable bonds is 10. The Morgan fingerprint density at radius 2 is 1.64 bits per heavy atom. The van der Waals surface area contributed by atoms with E-state index < -0.39 is 34.6 Å². The van der Waals surface area contributed by atoms with Crippen LogP contribution in [0, 0.1) is 0 Å². The zero-order chi connectivity index (χ0) is 23.8. The highest BCUT2D eigenvalue weighted by Crippen LogP contribution is 2.30. The number of carbonyl (C=O) groups excluding carboxylic acids is 2. The van der Waals surface area contributed by atoms with Crippen molar-refractivity contribution in [1.29, 1.82) is 0 Å². The predicted molar refractivity (Wildman–Crippen MR) is 129 cm³/mol. The molecule has 2 atom stereocenters.